The van der Waals surface area contributed by atoms with Crippen LogP contribution in [0.25, 0.3) is 0 Å². The molecule has 3 rings (SSSR count). The second-order valence-electron chi connectivity index (χ2n) is 8.18. The Kier molecular flexibility index (Phi) is 8.10. The maximum atomic E-state index is 12.8. The Morgan fingerprint density at radius 1 is 1.09 bits per heavy atom. The largest absolute Gasteiger partial charge is 0.454 e. The number of ether oxygens (including phenoxy) is 2. The quantitative estimate of drug-likeness (QED) is 0.243. The highest BCUT2D eigenvalue weighted by Crippen LogP contribution is 2.23. The van der Waals surface area contributed by atoms with E-state index in [2.05, 4.69) is 9.67 Å². The highest BCUT2D eigenvalue weighted by Gasteiger charge is 2.24. The molecule has 33 heavy (non-hydrogen) atoms. The molecule has 0 aliphatic heterocycles. The van der Waals surface area contributed by atoms with Crippen LogP contribution in [0.4, 0.5) is 0 Å². The molecule has 2 aromatic heterocycles. The number of hydrogen-bond acceptors (Lipinski definition) is 5. The van der Waals surface area contributed by atoms with Crippen LogP contribution < -0.4 is 0 Å². The summed E-state index contributed by atoms with van der Waals surface area (Å²) in [7, 11) is 1.67. The predicted octanol–water partition coefficient (Wildman–Crippen LogP) is 4.70. The van der Waals surface area contributed by atoms with Crippen molar-refractivity contribution in [1.82, 2.24) is 14.3 Å². The summed E-state index contributed by atoms with van der Waals surface area (Å²) in [5.41, 5.74) is 5.20. The summed E-state index contributed by atoms with van der Waals surface area (Å²) >= 11 is 6.45. The minimum Gasteiger partial charge on any atom is -0.454 e. The summed E-state index contributed by atoms with van der Waals surface area (Å²) in [4.78, 5) is 25.5. The number of nitrogens with zero attached hydrogens (tertiary/aromatic N) is 3. The van der Waals surface area contributed by atoms with E-state index in [-0.39, 0.29) is 23.1 Å². The summed E-state index contributed by atoms with van der Waals surface area (Å²) < 4.78 is 14.1. The number of rotatable bonds is 10. The van der Waals surface area contributed by atoms with Crippen LogP contribution >= 0.6 is 11.6 Å². The van der Waals surface area contributed by atoms with E-state index in [1.54, 1.807) is 18.7 Å². The second kappa shape index (κ2) is 10.8. The normalized spacial score (nSPS) is 11.1. The van der Waals surface area contributed by atoms with Gasteiger partial charge in [-0.25, -0.2) is 9.48 Å². The van der Waals surface area contributed by atoms with Crippen molar-refractivity contribution in [2.45, 2.75) is 47.2 Å². The number of aromatic nitrogens is 3. The second-order valence-corrected chi connectivity index (χ2v) is 8.53. The number of halogens is 1. The summed E-state index contributed by atoms with van der Waals surface area (Å²) in [6, 6.07) is 9.83. The summed E-state index contributed by atoms with van der Waals surface area (Å²) in [6.45, 7) is 9.04. The molecule has 3 aromatic rings. The van der Waals surface area contributed by atoms with Gasteiger partial charge in [-0.1, -0.05) is 41.4 Å². The van der Waals surface area contributed by atoms with Gasteiger partial charge < -0.3 is 14.0 Å². The molecule has 0 unspecified atom stereocenters. The third kappa shape index (κ3) is 5.72. The smallest absolute Gasteiger partial charge is 0.343 e. The number of ketones is 1. The highest BCUT2D eigenvalue weighted by atomic mass is 35.5. The third-order valence-electron chi connectivity index (χ3n) is 5.66. The first-order chi connectivity index (χ1) is 15.7. The molecule has 7 nitrogen and oxygen atoms in total. The number of carbonyl (C=O) groups excluding carboxylic acids is 2. The molecule has 2 heterocycles. The Morgan fingerprint density at radius 2 is 1.79 bits per heavy atom. The molecule has 0 aliphatic carbocycles. The number of hydrogen-bond donors (Lipinski definition) is 0. The molecule has 0 fully saturated rings. The Balaban J connectivity index is 1.67. The summed E-state index contributed by atoms with van der Waals surface area (Å²) in [5, 5.41) is 4.58. The lowest BCUT2D eigenvalue weighted by atomic mass is 10.1. The molecule has 0 radical (unpaired) electrons. The number of methoxy groups -OCH3 is 1. The van der Waals surface area contributed by atoms with E-state index in [4.69, 9.17) is 21.1 Å². The SMILES string of the molecule is COCCCn1c(C)cc(C(=O)COC(=O)c2c(C)nn(Cc3ccc(C)cc3)c2Cl)c1C. The summed E-state index contributed by atoms with van der Waals surface area (Å²) in [6.07, 6.45) is 0.847. The van der Waals surface area contributed by atoms with Crippen molar-refractivity contribution in [2.75, 3.05) is 20.3 Å². The predicted molar refractivity (Wildman–Crippen MR) is 127 cm³/mol. The van der Waals surface area contributed by atoms with Crippen LogP contribution in [-0.2, 0) is 22.6 Å². The van der Waals surface area contributed by atoms with Gasteiger partial charge in [0.15, 0.2) is 6.61 Å². The molecule has 176 valence electrons. The molecule has 0 atom stereocenters. The fourth-order valence-electron chi connectivity index (χ4n) is 3.83. The lowest BCUT2D eigenvalue weighted by Crippen LogP contribution is -2.16. The lowest BCUT2D eigenvalue weighted by molar-refractivity contribution is 0.0474. The minimum atomic E-state index is -0.657. The van der Waals surface area contributed by atoms with Gasteiger partial charge in [0.05, 0.1) is 12.2 Å². The number of aryl methyl sites for hydroxylation is 3. The fourth-order valence-corrected chi connectivity index (χ4v) is 4.14. The van der Waals surface area contributed by atoms with Gasteiger partial charge in [-0.3, -0.25) is 4.79 Å². The molecule has 1 aromatic carbocycles. The van der Waals surface area contributed by atoms with E-state index < -0.39 is 5.97 Å². The van der Waals surface area contributed by atoms with Gasteiger partial charge in [0.2, 0.25) is 5.78 Å². The van der Waals surface area contributed by atoms with Crippen LogP contribution in [-0.4, -0.2) is 46.4 Å². The Labute approximate surface area is 199 Å². The van der Waals surface area contributed by atoms with Gasteiger partial charge in [-0.05, 0) is 45.7 Å². The van der Waals surface area contributed by atoms with E-state index >= 15 is 0 Å². The maximum Gasteiger partial charge on any atom is 0.343 e. The molecule has 0 aliphatic rings. The molecule has 0 saturated carbocycles. The van der Waals surface area contributed by atoms with Crippen LogP contribution in [0.1, 0.15) is 55.3 Å². The van der Waals surface area contributed by atoms with Gasteiger partial charge in [0.1, 0.15) is 10.7 Å². The van der Waals surface area contributed by atoms with Crippen LogP contribution in [0.5, 0.6) is 0 Å². The average molecular weight is 472 g/mol. The topological polar surface area (TPSA) is 75.3 Å². The van der Waals surface area contributed by atoms with Crippen molar-refractivity contribution < 1.29 is 19.1 Å². The van der Waals surface area contributed by atoms with E-state index in [0.717, 1.165) is 35.5 Å². The maximum absolute atomic E-state index is 12.8. The number of benzene rings is 1. The number of Topliss-reactive ketones (excluding diaryl/α,β-unsaturated/α-hetero) is 1. The number of carbonyl (C=O) groups is 2. The van der Waals surface area contributed by atoms with E-state index in [0.29, 0.717) is 24.4 Å². The van der Waals surface area contributed by atoms with Crippen LogP contribution in [0.2, 0.25) is 5.15 Å². The molecule has 0 saturated heterocycles. The van der Waals surface area contributed by atoms with Crippen LogP contribution in [0, 0.1) is 27.7 Å². The first-order valence-electron chi connectivity index (χ1n) is 10.9. The van der Waals surface area contributed by atoms with E-state index in [9.17, 15) is 9.59 Å². The molecule has 8 heteroatoms. The molecule has 0 N–H and O–H groups in total. The van der Waals surface area contributed by atoms with Crippen LogP contribution in [0.15, 0.2) is 30.3 Å². The zero-order valence-corrected chi connectivity index (χ0v) is 20.5. The molecule has 0 amide bonds. The van der Waals surface area contributed by atoms with Gasteiger partial charge >= 0.3 is 5.97 Å². The molecule has 0 bridgehead atoms. The molecular weight excluding hydrogens is 442 g/mol. The minimum absolute atomic E-state index is 0.182. The first kappa shape index (κ1) is 24.7. The van der Waals surface area contributed by atoms with Crippen molar-refractivity contribution >= 4 is 23.4 Å². The molecule has 0 spiro atoms. The van der Waals surface area contributed by atoms with Crippen molar-refractivity contribution in [1.29, 1.82) is 0 Å². The van der Waals surface area contributed by atoms with Gasteiger partial charge in [-0.2, -0.15) is 5.10 Å². The van der Waals surface area contributed by atoms with E-state index in [1.165, 1.54) is 0 Å². The zero-order chi connectivity index (χ0) is 24.1. The monoisotopic (exact) mass is 471 g/mol. The number of esters is 1. The van der Waals surface area contributed by atoms with E-state index in [1.807, 2.05) is 51.1 Å². The average Bonchev–Trinajstić information content (AvgIpc) is 3.22. The van der Waals surface area contributed by atoms with Crippen molar-refractivity contribution in [2.24, 2.45) is 0 Å². The van der Waals surface area contributed by atoms with Crippen LogP contribution in [0.3, 0.4) is 0 Å². The first-order valence-corrected chi connectivity index (χ1v) is 11.2. The zero-order valence-electron chi connectivity index (χ0n) is 19.8. The van der Waals surface area contributed by atoms with Crippen molar-refractivity contribution in [3.63, 3.8) is 0 Å². The van der Waals surface area contributed by atoms with Crippen molar-refractivity contribution in [3.05, 3.63) is 74.8 Å². The Hall–Kier alpha value is -2.90. The highest BCUT2D eigenvalue weighted by molar-refractivity contribution is 6.32. The Bertz CT molecular complexity index is 1150. The Morgan fingerprint density at radius 3 is 2.45 bits per heavy atom. The van der Waals surface area contributed by atoms with Gasteiger partial charge in [0, 0.05) is 37.2 Å². The third-order valence-corrected chi connectivity index (χ3v) is 6.05. The van der Waals surface area contributed by atoms with Crippen molar-refractivity contribution in [3.8, 4) is 0 Å². The molecular formula is C25H30ClN3O4. The van der Waals surface area contributed by atoms with Gasteiger partial charge in [-0.15, -0.1) is 0 Å². The lowest BCUT2D eigenvalue weighted by Gasteiger charge is -2.09. The van der Waals surface area contributed by atoms with Gasteiger partial charge in [0.25, 0.3) is 0 Å². The fraction of sp³-hybridized carbons (Fsp3) is 0.400. The standard InChI is InChI=1S/C25H30ClN3O4/c1-16-7-9-20(10-8-16)14-29-24(26)23(18(3)27-29)25(31)33-15-22(30)21-13-17(2)28(19(21)4)11-6-12-32-5/h7-10,13H,6,11-12,14-15H2,1-5H3. The summed E-state index contributed by atoms with van der Waals surface area (Å²) in [5.74, 6) is -0.912.